The van der Waals surface area contributed by atoms with Gasteiger partial charge in [-0.2, -0.15) is 4.98 Å². The van der Waals surface area contributed by atoms with Crippen LogP contribution in [0.2, 0.25) is 0 Å². The number of rotatable bonds is 6. The molecule has 5 rings (SSSR count). The molecule has 1 fully saturated rings. The first-order valence-corrected chi connectivity index (χ1v) is 11.5. The molecular formula is C20H16BrN5O5S. The van der Waals surface area contributed by atoms with Crippen molar-refractivity contribution in [2.75, 3.05) is 0 Å². The van der Waals surface area contributed by atoms with E-state index in [4.69, 9.17) is 9.26 Å². The number of pyridine rings is 1. The van der Waals surface area contributed by atoms with Crippen LogP contribution in [0.5, 0.6) is 0 Å². The molecular weight excluding hydrogens is 502 g/mol. The second-order valence-corrected chi connectivity index (χ2v) is 9.73. The number of H-pyrrole nitrogens is 1. The minimum Gasteiger partial charge on any atom is -0.452 e. The van der Waals surface area contributed by atoms with Gasteiger partial charge < -0.3 is 9.26 Å². The lowest BCUT2D eigenvalue weighted by molar-refractivity contribution is 0.0432. The van der Waals surface area contributed by atoms with Gasteiger partial charge in [0.25, 0.3) is 11.4 Å². The minimum atomic E-state index is -0.732. The van der Waals surface area contributed by atoms with Gasteiger partial charge in [-0.15, -0.1) is 11.3 Å². The molecule has 0 aromatic carbocycles. The predicted octanol–water partition coefficient (Wildman–Crippen LogP) is 3.21. The summed E-state index contributed by atoms with van der Waals surface area (Å²) in [5.74, 6) is -0.0162. The molecule has 1 aliphatic rings. The van der Waals surface area contributed by atoms with Crippen LogP contribution < -0.4 is 11.2 Å². The number of fused-ring (bicyclic) bond motifs is 1. The molecule has 0 saturated heterocycles. The second kappa shape index (κ2) is 8.10. The molecule has 4 heterocycles. The van der Waals surface area contributed by atoms with Gasteiger partial charge in [-0.25, -0.2) is 14.6 Å². The molecule has 1 saturated carbocycles. The van der Waals surface area contributed by atoms with E-state index in [0.29, 0.717) is 18.1 Å². The third-order valence-corrected chi connectivity index (χ3v) is 6.71. The maximum Gasteiger partial charge on any atom is 0.339 e. The van der Waals surface area contributed by atoms with Gasteiger partial charge in [0.2, 0.25) is 5.82 Å². The number of hydrogen-bond acceptors (Lipinski definition) is 9. The summed E-state index contributed by atoms with van der Waals surface area (Å²) in [7, 11) is 0. The topological polar surface area (TPSA) is 133 Å². The Kier molecular flexibility index (Phi) is 5.25. The highest BCUT2D eigenvalue weighted by molar-refractivity contribution is 9.11. The van der Waals surface area contributed by atoms with Crippen molar-refractivity contribution in [1.29, 1.82) is 0 Å². The lowest BCUT2D eigenvalue weighted by Crippen LogP contribution is -2.31. The summed E-state index contributed by atoms with van der Waals surface area (Å²) in [6.07, 6.45) is 1.88. The number of carbonyl (C=O) groups excluding carboxylic acids is 1. The standard InChI is InChI=1S/C20H16BrN5O5S/c1-2-26-17-15(18(27)24-20(26)29)10(7-11(22-17)9-3-4-9)19(28)30-8-14-23-16(25-31-14)12-5-6-13(21)32-12/h5-7,9H,2-4,8H2,1H3,(H,24,27,29). The molecule has 32 heavy (non-hydrogen) atoms. The molecule has 0 amide bonds. The van der Waals surface area contributed by atoms with Gasteiger partial charge in [0, 0.05) is 18.2 Å². The Labute approximate surface area is 192 Å². The average molecular weight is 518 g/mol. The van der Waals surface area contributed by atoms with E-state index in [1.807, 2.05) is 12.1 Å². The second-order valence-electron chi connectivity index (χ2n) is 7.26. The zero-order chi connectivity index (χ0) is 22.4. The Bertz CT molecular complexity index is 1470. The van der Waals surface area contributed by atoms with Gasteiger partial charge in [0.15, 0.2) is 12.3 Å². The number of hydrogen-bond donors (Lipinski definition) is 1. The molecule has 1 aliphatic carbocycles. The first-order valence-electron chi connectivity index (χ1n) is 9.87. The van der Waals surface area contributed by atoms with Crippen LogP contribution in [0, 0.1) is 0 Å². The van der Waals surface area contributed by atoms with Gasteiger partial charge >= 0.3 is 11.7 Å². The zero-order valence-electron chi connectivity index (χ0n) is 16.8. The normalized spacial score (nSPS) is 13.6. The Balaban J connectivity index is 1.47. The van der Waals surface area contributed by atoms with Crippen molar-refractivity contribution < 1.29 is 14.1 Å². The van der Waals surface area contributed by atoms with E-state index < -0.39 is 17.2 Å². The first kappa shape index (κ1) is 20.8. The summed E-state index contributed by atoms with van der Waals surface area (Å²) < 4.78 is 12.8. The fourth-order valence-electron chi connectivity index (χ4n) is 3.39. The highest BCUT2D eigenvalue weighted by atomic mass is 79.9. The third kappa shape index (κ3) is 3.79. The van der Waals surface area contributed by atoms with E-state index >= 15 is 0 Å². The minimum absolute atomic E-state index is 0.0236. The highest BCUT2D eigenvalue weighted by Gasteiger charge is 2.29. The number of aromatic amines is 1. The molecule has 0 spiro atoms. The molecule has 10 nitrogen and oxygen atoms in total. The van der Waals surface area contributed by atoms with E-state index in [-0.39, 0.29) is 35.0 Å². The summed E-state index contributed by atoms with van der Waals surface area (Å²) in [5, 5.41) is 3.93. The number of nitrogens with zero attached hydrogens (tertiary/aromatic N) is 4. The number of aromatic nitrogens is 5. The molecule has 164 valence electrons. The van der Waals surface area contributed by atoms with Crippen molar-refractivity contribution in [3.63, 3.8) is 0 Å². The molecule has 4 aromatic rings. The average Bonchev–Trinajstić information content (AvgIpc) is 3.36. The number of thiophene rings is 1. The van der Waals surface area contributed by atoms with Crippen LogP contribution in [0.15, 0.2) is 36.1 Å². The summed E-state index contributed by atoms with van der Waals surface area (Å²) in [5.41, 5.74) is -0.341. The lowest BCUT2D eigenvalue weighted by Gasteiger charge is -2.11. The van der Waals surface area contributed by atoms with Gasteiger partial charge in [0.1, 0.15) is 0 Å². The summed E-state index contributed by atoms with van der Waals surface area (Å²) in [6.45, 7) is 1.81. The van der Waals surface area contributed by atoms with Crippen LogP contribution in [0.1, 0.15) is 47.6 Å². The molecule has 0 radical (unpaired) electrons. The van der Waals surface area contributed by atoms with Gasteiger partial charge in [-0.05, 0) is 53.9 Å². The maximum atomic E-state index is 13.0. The van der Waals surface area contributed by atoms with Crippen LogP contribution in [0.3, 0.4) is 0 Å². The SMILES string of the molecule is CCn1c(=O)[nH]c(=O)c2c(C(=O)OCc3nc(-c4ccc(Br)s4)no3)cc(C3CC3)nc21. The Morgan fingerprint density at radius 1 is 1.34 bits per heavy atom. The molecule has 0 bridgehead atoms. The van der Waals surface area contributed by atoms with Crippen molar-refractivity contribution in [1.82, 2.24) is 24.7 Å². The number of halogens is 1. The Hall–Kier alpha value is -3.12. The van der Waals surface area contributed by atoms with Crippen LogP contribution in [-0.2, 0) is 17.9 Å². The van der Waals surface area contributed by atoms with Crippen LogP contribution in [0.4, 0.5) is 0 Å². The van der Waals surface area contributed by atoms with Crippen LogP contribution in [0.25, 0.3) is 21.7 Å². The van der Waals surface area contributed by atoms with Crippen molar-refractivity contribution in [3.8, 4) is 10.7 Å². The maximum absolute atomic E-state index is 13.0. The number of ether oxygens (including phenoxy) is 1. The number of nitrogens with one attached hydrogen (secondary N) is 1. The molecule has 0 atom stereocenters. The molecule has 0 unspecified atom stereocenters. The van der Waals surface area contributed by atoms with Gasteiger partial charge in [-0.1, -0.05) is 5.16 Å². The summed E-state index contributed by atoms with van der Waals surface area (Å²) >= 11 is 4.83. The molecule has 0 aliphatic heterocycles. The first-order chi connectivity index (χ1) is 15.4. The molecule has 4 aromatic heterocycles. The monoisotopic (exact) mass is 517 g/mol. The van der Waals surface area contributed by atoms with Crippen molar-refractivity contribution in [2.45, 2.75) is 38.8 Å². The van der Waals surface area contributed by atoms with Crippen molar-refractivity contribution in [3.05, 3.63) is 60.0 Å². The van der Waals surface area contributed by atoms with Crippen molar-refractivity contribution in [2.24, 2.45) is 0 Å². The number of carbonyl (C=O) groups is 1. The molecule has 1 N–H and O–H groups in total. The smallest absolute Gasteiger partial charge is 0.339 e. The molecule has 12 heteroatoms. The van der Waals surface area contributed by atoms with E-state index in [1.54, 1.807) is 13.0 Å². The van der Waals surface area contributed by atoms with E-state index in [2.05, 4.69) is 36.0 Å². The van der Waals surface area contributed by atoms with Crippen LogP contribution >= 0.6 is 27.3 Å². The fraction of sp³-hybridized carbons (Fsp3) is 0.300. The van der Waals surface area contributed by atoms with Crippen LogP contribution in [-0.4, -0.2) is 30.6 Å². The quantitative estimate of drug-likeness (QED) is 0.385. The Morgan fingerprint density at radius 3 is 2.84 bits per heavy atom. The van der Waals surface area contributed by atoms with E-state index in [0.717, 1.165) is 21.5 Å². The highest BCUT2D eigenvalue weighted by Crippen LogP contribution is 2.40. The van der Waals surface area contributed by atoms with Crippen molar-refractivity contribution >= 4 is 44.3 Å². The summed E-state index contributed by atoms with van der Waals surface area (Å²) in [4.78, 5) is 49.6. The lowest BCUT2D eigenvalue weighted by atomic mass is 10.1. The van der Waals surface area contributed by atoms with E-state index in [1.165, 1.54) is 15.9 Å². The van der Waals surface area contributed by atoms with Gasteiger partial charge in [0.05, 0.1) is 19.6 Å². The zero-order valence-corrected chi connectivity index (χ0v) is 19.2. The fourth-order valence-corrected chi connectivity index (χ4v) is 4.70. The third-order valence-electron chi connectivity index (χ3n) is 5.09. The Morgan fingerprint density at radius 2 is 2.16 bits per heavy atom. The summed E-state index contributed by atoms with van der Waals surface area (Å²) in [6, 6.07) is 5.29. The predicted molar refractivity (Wildman–Crippen MR) is 119 cm³/mol. The van der Waals surface area contributed by atoms with E-state index in [9.17, 15) is 14.4 Å². The largest absolute Gasteiger partial charge is 0.452 e. The number of aryl methyl sites for hydroxylation is 1. The number of esters is 1. The van der Waals surface area contributed by atoms with Gasteiger partial charge in [-0.3, -0.25) is 14.3 Å².